The Kier molecular flexibility index (Phi) is 6.29. The number of aryl methyl sites for hydroxylation is 2. The minimum absolute atomic E-state index is 0.0957. The lowest BCUT2D eigenvalue weighted by atomic mass is 9.83. The number of aliphatic hydroxyl groups is 1. The number of rotatable bonds is 4. The van der Waals surface area contributed by atoms with Crippen molar-refractivity contribution in [1.82, 2.24) is 19.1 Å². The Morgan fingerprint density at radius 2 is 1.82 bits per heavy atom. The molecule has 0 radical (unpaired) electrons. The standard InChI is InChI=1S/C30H33F2N5O2/c1-18-28(35(3)17-33-18)19-7-10-25-24(15-19)34-29(37(25)20-11-13-30(2,39)14-12-20)26-5-4-6-27(38)36(26)21-8-9-22(31)23(32)16-21/h7-10,15-17,20,26,39H,4-6,11-14H2,1-3H3/t20-,26-,30+/m0/s1. The Hall–Kier alpha value is -3.59. The maximum atomic E-state index is 14.3. The molecule has 1 saturated heterocycles. The molecule has 1 amide bonds. The molecule has 39 heavy (non-hydrogen) atoms. The van der Waals surface area contributed by atoms with Gasteiger partial charge in [-0.1, -0.05) is 6.07 Å². The fraction of sp³-hybridized carbons (Fsp3) is 0.433. The van der Waals surface area contributed by atoms with Crippen LogP contribution in [0.2, 0.25) is 0 Å². The van der Waals surface area contributed by atoms with Gasteiger partial charge in [-0.3, -0.25) is 4.79 Å². The molecule has 1 atom stereocenters. The predicted octanol–water partition coefficient (Wildman–Crippen LogP) is 6.15. The number of halogens is 2. The highest BCUT2D eigenvalue weighted by atomic mass is 19.2. The Morgan fingerprint density at radius 1 is 1.05 bits per heavy atom. The highest BCUT2D eigenvalue weighted by Crippen LogP contribution is 2.43. The number of carbonyl (C=O) groups is 1. The van der Waals surface area contributed by atoms with Crippen LogP contribution in [0.3, 0.4) is 0 Å². The monoisotopic (exact) mass is 533 g/mol. The summed E-state index contributed by atoms with van der Waals surface area (Å²) in [6, 6.07) is 9.51. The molecule has 1 aliphatic carbocycles. The molecule has 0 spiro atoms. The van der Waals surface area contributed by atoms with Gasteiger partial charge in [0.05, 0.1) is 40.4 Å². The fourth-order valence-corrected chi connectivity index (χ4v) is 6.40. The summed E-state index contributed by atoms with van der Waals surface area (Å²) in [5.41, 5.74) is 4.34. The van der Waals surface area contributed by atoms with Gasteiger partial charge >= 0.3 is 0 Å². The number of benzene rings is 2. The number of fused-ring (bicyclic) bond motifs is 1. The largest absolute Gasteiger partial charge is 0.390 e. The lowest BCUT2D eigenvalue weighted by Crippen LogP contribution is -2.40. The molecule has 0 unspecified atom stereocenters. The number of carbonyl (C=O) groups excluding carboxylic acids is 1. The Balaban J connectivity index is 1.51. The lowest BCUT2D eigenvalue weighted by Gasteiger charge is -2.38. The maximum Gasteiger partial charge on any atom is 0.227 e. The van der Waals surface area contributed by atoms with Crippen LogP contribution in [0.1, 0.15) is 75.5 Å². The van der Waals surface area contributed by atoms with Crippen LogP contribution in [0, 0.1) is 18.6 Å². The third-order valence-electron chi connectivity index (χ3n) is 8.44. The van der Waals surface area contributed by atoms with Crippen molar-refractivity contribution in [1.29, 1.82) is 0 Å². The molecule has 204 valence electrons. The second kappa shape index (κ2) is 9.55. The van der Waals surface area contributed by atoms with Crippen LogP contribution in [-0.4, -0.2) is 35.7 Å². The fourth-order valence-electron chi connectivity index (χ4n) is 6.40. The first-order chi connectivity index (χ1) is 18.6. The van der Waals surface area contributed by atoms with E-state index in [9.17, 15) is 18.7 Å². The molecule has 7 nitrogen and oxygen atoms in total. The zero-order chi connectivity index (χ0) is 27.5. The van der Waals surface area contributed by atoms with Crippen LogP contribution in [0.25, 0.3) is 22.3 Å². The molecule has 1 saturated carbocycles. The van der Waals surface area contributed by atoms with Gasteiger partial charge in [0.15, 0.2) is 11.6 Å². The van der Waals surface area contributed by atoms with E-state index < -0.39 is 23.3 Å². The average Bonchev–Trinajstić information content (AvgIpc) is 3.44. The number of nitrogens with zero attached hydrogens (tertiary/aromatic N) is 5. The zero-order valence-electron chi connectivity index (χ0n) is 22.5. The third-order valence-corrected chi connectivity index (χ3v) is 8.44. The van der Waals surface area contributed by atoms with Gasteiger partial charge in [0.25, 0.3) is 0 Å². The van der Waals surface area contributed by atoms with Gasteiger partial charge in [0, 0.05) is 36.8 Å². The quantitative estimate of drug-likeness (QED) is 0.342. The van der Waals surface area contributed by atoms with Gasteiger partial charge in [-0.05, 0) is 76.6 Å². The van der Waals surface area contributed by atoms with E-state index in [4.69, 9.17) is 4.98 Å². The van der Waals surface area contributed by atoms with Crippen molar-refractivity contribution in [2.75, 3.05) is 4.90 Å². The van der Waals surface area contributed by atoms with Crippen LogP contribution < -0.4 is 4.90 Å². The van der Waals surface area contributed by atoms with Crippen molar-refractivity contribution in [3.8, 4) is 11.3 Å². The number of amides is 1. The van der Waals surface area contributed by atoms with Gasteiger partial charge in [0.1, 0.15) is 5.82 Å². The Bertz CT molecular complexity index is 1540. The maximum absolute atomic E-state index is 14.3. The van der Waals surface area contributed by atoms with Crippen LogP contribution in [-0.2, 0) is 11.8 Å². The van der Waals surface area contributed by atoms with Crippen molar-refractivity contribution in [2.45, 2.75) is 76.5 Å². The molecule has 2 aromatic heterocycles. The molecule has 2 aromatic carbocycles. The lowest BCUT2D eigenvalue weighted by molar-refractivity contribution is -0.120. The van der Waals surface area contributed by atoms with E-state index in [2.05, 4.69) is 27.8 Å². The minimum Gasteiger partial charge on any atom is -0.390 e. The van der Waals surface area contributed by atoms with Crippen molar-refractivity contribution in [2.24, 2.45) is 7.05 Å². The van der Waals surface area contributed by atoms with Crippen molar-refractivity contribution in [3.05, 3.63) is 65.9 Å². The summed E-state index contributed by atoms with van der Waals surface area (Å²) >= 11 is 0. The summed E-state index contributed by atoms with van der Waals surface area (Å²) in [6.07, 6.45) is 6.36. The summed E-state index contributed by atoms with van der Waals surface area (Å²) in [5, 5.41) is 10.6. The summed E-state index contributed by atoms with van der Waals surface area (Å²) in [4.78, 5) is 24.4. The first-order valence-corrected chi connectivity index (χ1v) is 13.6. The first-order valence-electron chi connectivity index (χ1n) is 13.6. The van der Waals surface area contributed by atoms with E-state index in [1.165, 1.54) is 6.07 Å². The van der Waals surface area contributed by atoms with Crippen LogP contribution in [0.4, 0.5) is 14.5 Å². The van der Waals surface area contributed by atoms with E-state index in [0.717, 1.165) is 58.8 Å². The first kappa shape index (κ1) is 25.7. The number of hydrogen-bond acceptors (Lipinski definition) is 4. The molecule has 2 aliphatic rings. The molecular weight excluding hydrogens is 500 g/mol. The zero-order valence-corrected chi connectivity index (χ0v) is 22.5. The van der Waals surface area contributed by atoms with Crippen LogP contribution in [0.15, 0.2) is 42.7 Å². The molecule has 0 bridgehead atoms. The van der Waals surface area contributed by atoms with Gasteiger partial charge < -0.3 is 19.1 Å². The number of piperidine rings is 1. The minimum atomic E-state index is -0.983. The van der Waals surface area contributed by atoms with Crippen molar-refractivity contribution < 1.29 is 18.7 Å². The van der Waals surface area contributed by atoms with Gasteiger partial charge in [-0.2, -0.15) is 0 Å². The van der Waals surface area contributed by atoms with Gasteiger partial charge in [0.2, 0.25) is 5.91 Å². The predicted molar refractivity (Wildman–Crippen MR) is 145 cm³/mol. The molecule has 2 fully saturated rings. The highest BCUT2D eigenvalue weighted by Gasteiger charge is 2.37. The molecule has 1 N–H and O–H groups in total. The van der Waals surface area contributed by atoms with E-state index in [-0.39, 0.29) is 11.9 Å². The van der Waals surface area contributed by atoms with E-state index in [1.54, 1.807) is 11.2 Å². The van der Waals surface area contributed by atoms with Crippen molar-refractivity contribution in [3.63, 3.8) is 0 Å². The summed E-state index contributed by atoms with van der Waals surface area (Å²) < 4.78 is 32.3. The van der Waals surface area contributed by atoms with Crippen LogP contribution >= 0.6 is 0 Å². The molecule has 6 rings (SSSR count). The SMILES string of the molecule is Cc1ncn(C)c1-c1ccc2c(c1)nc([C@@H]1CCCC(=O)N1c1ccc(F)c(F)c1)n2[C@H]1CC[C@@](C)(O)CC1. The smallest absolute Gasteiger partial charge is 0.227 e. The molecule has 9 heteroatoms. The summed E-state index contributed by atoms with van der Waals surface area (Å²) in [6.45, 7) is 3.86. The third kappa shape index (κ3) is 4.52. The number of aromatic nitrogens is 4. The Morgan fingerprint density at radius 3 is 2.51 bits per heavy atom. The second-order valence-electron chi connectivity index (χ2n) is 11.3. The molecule has 3 heterocycles. The van der Waals surface area contributed by atoms with Crippen molar-refractivity contribution >= 4 is 22.6 Å². The molecule has 1 aliphatic heterocycles. The number of hydrogen-bond donors (Lipinski definition) is 1. The van der Waals surface area contributed by atoms with E-state index in [1.807, 2.05) is 25.5 Å². The Labute approximate surface area is 226 Å². The highest BCUT2D eigenvalue weighted by molar-refractivity contribution is 5.95. The number of imidazole rings is 2. The van der Waals surface area contributed by atoms with Gasteiger partial charge in [-0.15, -0.1) is 0 Å². The molecular formula is C30H33F2N5O2. The van der Waals surface area contributed by atoms with E-state index in [0.29, 0.717) is 37.8 Å². The van der Waals surface area contributed by atoms with E-state index >= 15 is 0 Å². The molecule has 4 aromatic rings. The van der Waals surface area contributed by atoms with Crippen LogP contribution in [0.5, 0.6) is 0 Å². The van der Waals surface area contributed by atoms with Gasteiger partial charge in [-0.25, -0.2) is 18.7 Å². The second-order valence-corrected chi connectivity index (χ2v) is 11.3. The average molecular weight is 534 g/mol. The summed E-state index contributed by atoms with van der Waals surface area (Å²) in [5.74, 6) is -1.31. The topological polar surface area (TPSA) is 76.2 Å². The normalized spacial score (nSPS) is 24.1. The number of anilines is 1. The summed E-state index contributed by atoms with van der Waals surface area (Å²) in [7, 11) is 1.96.